The average Bonchev–Trinajstić information content (AvgIpc) is 2.99. The highest BCUT2D eigenvalue weighted by atomic mass is 16.5. The van der Waals surface area contributed by atoms with Gasteiger partial charge in [0.05, 0.1) is 24.4 Å². The maximum absolute atomic E-state index is 10.7. The summed E-state index contributed by atoms with van der Waals surface area (Å²) in [6.07, 6.45) is -0.366. The maximum atomic E-state index is 10.7. The zero-order valence-corrected chi connectivity index (χ0v) is 26.4. The summed E-state index contributed by atoms with van der Waals surface area (Å²) in [5.41, 5.74) is 4.11. The van der Waals surface area contributed by atoms with E-state index in [-0.39, 0.29) is 0 Å². The van der Waals surface area contributed by atoms with Gasteiger partial charge in [-0.15, -0.1) is 0 Å². The van der Waals surface area contributed by atoms with E-state index in [1.165, 1.54) is 0 Å². The minimum absolute atomic E-state index is 0.443. The second-order valence-corrected chi connectivity index (χ2v) is 12.7. The molecule has 4 N–H and O–H groups in total. The normalized spacial score (nSPS) is 14.7. The average molecular weight is 603 g/mol. The van der Waals surface area contributed by atoms with E-state index in [1.54, 1.807) is 27.7 Å². The van der Waals surface area contributed by atoms with Crippen LogP contribution in [0, 0.1) is 0 Å². The van der Waals surface area contributed by atoms with E-state index in [0.29, 0.717) is 37.2 Å². The molecule has 0 radical (unpaired) electrons. The second kappa shape index (κ2) is 12.8. The highest BCUT2D eigenvalue weighted by Gasteiger charge is 2.22. The second-order valence-electron chi connectivity index (χ2n) is 12.7. The van der Waals surface area contributed by atoms with Crippen LogP contribution >= 0.6 is 0 Å². The van der Waals surface area contributed by atoms with Crippen LogP contribution in [0.3, 0.4) is 0 Å². The fourth-order valence-electron chi connectivity index (χ4n) is 7.10. The minimum Gasteiger partial charge on any atom is -0.456 e. The molecule has 232 valence electrons. The van der Waals surface area contributed by atoms with Crippen LogP contribution in [0.25, 0.3) is 43.1 Å². The number of fused-ring (bicyclic) bond motifs is 4. The summed E-state index contributed by atoms with van der Waals surface area (Å²) in [5.74, 6) is 1.34. The van der Waals surface area contributed by atoms with E-state index in [1.807, 2.05) is 48.5 Å². The highest BCUT2D eigenvalue weighted by molar-refractivity contribution is 6.10. The predicted molar refractivity (Wildman–Crippen MR) is 185 cm³/mol. The van der Waals surface area contributed by atoms with Crippen LogP contribution < -0.4 is 4.74 Å². The molecule has 0 fully saturated rings. The molecule has 0 bridgehead atoms. The van der Waals surface area contributed by atoms with Crippen LogP contribution in [0.4, 0.5) is 0 Å². The van der Waals surface area contributed by atoms with Gasteiger partial charge in [0.2, 0.25) is 0 Å². The number of rotatable bonds is 10. The zero-order valence-electron chi connectivity index (χ0n) is 26.4. The summed E-state index contributed by atoms with van der Waals surface area (Å²) in [7, 11) is 0. The number of benzene rings is 6. The van der Waals surface area contributed by atoms with Gasteiger partial charge in [-0.05, 0) is 120 Å². The third-order valence-corrected chi connectivity index (χ3v) is 8.68. The van der Waals surface area contributed by atoms with Crippen molar-refractivity contribution < 1.29 is 25.2 Å². The van der Waals surface area contributed by atoms with Crippen molar-refractivity contribution >= 4 is 43.1 Å². The molecule has 0 saturated heterocycles. The quantitative estimate of drug-likeness (QED) is 0.120. The third kappa shape index (κ3) is 6.01. The molecule has 0 aliphatic carbocycles. The smallest absolute Gasteiger partial charge is 0.135 e. The molecule has 6 aromatic carbocycles. The topological polar surface area (TPSA) is 90.2 Å². The Kier molecular flexibility index (Phi) is 8.80. The summed E-state index contributed by atoms with van der Waals surface area (Å²) in [6.45, 7) is 7.21. The van der Waals surface area contributed by atoms with Crippen molar-refractivity contribution in [2.45, 2.75) is 77.8 Å². The van der Waals surface area contributed by atoms with Gasteiger partial charge >= 0.3 is 0 Å². The Bertz CT molecular complexity index is 1860. The minimum atomic E-state index is -0.572. The molecule has 45 heavy (non-hydrogen) atoms. The summed E-state index contributed by atoms with van der Waals surface area (Å²) in [5, 5.41) is 50.4. The third-order valence-electron chi connectivity index (χ3n) is 8.68. The molecule has 0 saturated carbocycles. The molecule has 5 heteroatoms. The lowest BCUT2D eigenvalue weighted by Gasteiger charge is -2.23. The van der Waals surface area contributed by atoms with Crippen molar-refractivity contribution in [2.24, 2.45) is 0 Å². The zero-order chi connectivity index (χ0) is 31.8. The molecule has 0 aliphatic heterocycles. The number of aliphatic hydroxyl groups is 4. The molecular formula is C40H42O5. The molecule has 0 aromatic heterocycles. The van der Waals surface area contributed by atoms with Gasteiger partial charge in [-0.3, -0.25) is 0 Å². The molecule has 5 nitrogen and oxygen atoms in total. The summed E-state index contributed by atoms with van der Waals surface area (Å²) >= 11 is 0. The largest absolute Gasteiger partial charge is 0.456 e. The highest BCUT2D eigenvalue weighted by Crippen LogP contribution is 2.44. The van der Waals surface area contributed by atoms with E-state index >= 15 is 0 Å². The first-order valence-electron chi connectivity index (χ1n) is 15.9. The lowest BCUT2D eigenvalue weighted by molar-refractivity contribution is 0.195. The molecule has 4 atom stereocenters. The fourth-order valence-corrected chi connectivity index (χ4v) is 7.10. The van der Waals surface area contributed by atoms with Crippen LogP contribution in [-0.4, -0.2) is 44.8 Å². The van der Waals surface area contributed by atoms with Crippen LogP contribution in [0.15, 0.2) is 84.9 Å². The summed E-state index contributed by atoms with van der Waals surface area (Å²) < 4.78 is 6.98. The van der Waals surface area contributed by atoms with Crippen LogP contribution in [0.1, 0.15) is 49.9 Å². The van der Waals surface area contributed by atoms with E-state index < -0.39 is 24.4 Å². The first kappa shape index (κ1) is 31.0. The standard InChI is InChI=1S/C40H42O5/c1-23(41)19-33-27-11-5-7-13-29(27)35(21-25(3)43)39-31(33)15-9-17-37(39)45-38-18-10-16-32-34(20-24(2)42)28-12-6-8-14-30(28)36(40(32)38)22-26(4)44/h5-18,23-26,41-44H,19-22H2,1-4H3. The Morgan fingerprint density at radius 3 is 1.02 bits per heavy atom. The lowest BCUT2D eigenvalue weighted by atomic mass is 9.86. The van der Waals surface area contributed by atoms with Gasteiger partial charge < -0.3 is 25.2 Å². The van der Waals surface area contributed by atoms with Crippen molar-refractivity contribution in [3.8, 4) is 11.5 Å². The Hall–Kier alpha value is -4.00. The Morgan fingerprint density at radius 2 is 0.689 bits per heavy atom. The number of hydrogen-bond donors (Lipinski definition) is 4. The first-order valence-corrected chi connectivity index (χ1v) is 15.9. The summed E-state index contributed by atoms with van der Waals surface area (Å²) in [4.78, 5) is 0. The van der Waals surface area contributed by atoms with Gasteiger partial charge in [-0.1, -0.05) is 72.8 Å². The molecule has 6 aromatic rings. The molecule has 0 aliphatic rings. The Morgan fingerprint density at radius 1 is 0.400 bits per heavy atom. The van der Waals surface area contributed by atoms with Crippen molar-refractivity contribution in [2.75, 3.05) is 0 Å². The van der Waals surface area contributed by atoms with Crippen molar-refractivity contribution in [1.82, 2.24) is 0 Å². The maximum Gasteiger partial charge on any atom is 0.135 e. The predicted octanol–water partition coefficient (Wildman–Crippen LogP) is 7.78. The monoisotopic (exact) mass is 602 g/mol. The van der Waals surface area contributed by atoms with Crippen LogP contribution in [-0.2, 0) is 25.7 Å². The van der Waals surface area contributed by atoms with E-state index in [2.05, 4.69) is 36.4 Å². The van der Waals surface area contributed by atoms with Gasteiger partial charge in [0.15, 0.2) is 0 Å². The van der Waals surface area contributed by atoms with Gasteiger partial charge in [0.25, 0.3) is 0 Å². The fraction of sp³-hybridized carbons (Fsp3) is 0.300. The SMILES string of the molecule is CC(O)Cc1c2ccccc2c(CC(C)O)c2c(Oc3cccc4c(CC(C)O)c5ccccc5c(CC(C)O)c34)cccc12. The van der Waals surface area contributed by atoms with Gasteiger partial charge in [0, 0.05) is 10.8 Å². The van der Waals surface area contributed by atoms with E-state index in [4.69, 9.17) is 4.74 Å². The lowest BCUT2D eigenvalue weighted by Crippen LogP contribution is -2.10. The molecule has 0 amide bonds. The number of ether oxygens (including phenoxy) is 1. The van der Waals surface area contributed by atoms with Gasteiger partial charge in [-0.2, -0.15) is 0 Å². The van der Waals surface area contributed by atoms with Gasteiger partial charge in [0.1, 0.15) is 11.5 Å². The molecule has 0 spiro atoms. The van der Waals surface area contributed by atoms with Crippen molar-refractivity contribution in [1.29, 1.82) is 0 Å². The molecule has 0 heterocycles. The molecule has 4 unspecified atom stereocenters. The molecule has 6 rings (SSSR count). The van der Waals surface area contributed by atoms with Crippen LogP contribution in [0.5, 0.6) is 11.5 Å². The van der Waals surface area contributed by atoms with Crippen molar-refractivity contribution in [3.05, 3.63) is 107 Å². The van der Waals surface area contributed by atoms with E-state index in [0.717, 1.165) is 65.3 Å². The first-order chi connectivity index (χ1) is 21.6. The number of hydrogen-bond acceptors (Lipinski definition) is 5. The molecular weight excluding hydrogens is 560 g/mol. The van der Waals surface area contributed by atoms with Crippen LogP contribution in [0.2, 0.25) is 0 Å². The van der Waals surface area contributed by atoms with Gasteiger partial charge in [-0.25, -0.2) is 0 Å². The Labute approximate surface area is 264 Å². The van der Waals surface area contributed by atoms with E-state index in [9.17, 15) is 20.4 Å². The van der Waals surface area contributed by atoms with Crippen molar-refractivity contribution in [3.63, 3.8) is 0 Å². The number of aliphatic hydroxyl groups excluding tert-OH is 4. The summed E-state index contributed by atoms with van der Waals surface area (Å²) in [6, 6.07) is 28.5. The Balaban J connectivity index is 1.68.